The molecule has 0 saturated heterocycles. The van der Waals surface area contributed by atoms with E-state index in [0.29, 0.717) is 0 Å². The lowest BCUT2D eigenvalue weighted by Crippen LogP contribution is -2.29. The highest BCUT2D eigenvalue weighted by Gasteiger charge is 2.24. The van der Waals surface area contributed by atoms with E-state index >= 15 is 0 Å². The van der Waals surface area contributed by atoms with Gasteiger partial charge in [0.1, 0.15) is 17.2 Å². The fourth-order valence-electron chi connectivity index (χ4n) is 2.11. The van der Waals surface area contributed by atoms with Crippen LogP contribution in [0.4, 0.5) is 8.78 Å². The number of rotatable bonds is 6. The molecular formula is C17H12Cl3F2NO4. The number of benzene rings is 2. The Kier molecular flexibility index (Phi) is 7.24. The Morgan fingerprint density at radius 2 is 1.67 bits per heavy atom. The molecule has 2 aromatic carbocycles. The van der Waals surface area contributed by atoms with Crippen LogP contribution in [0.15, 0.2) is 24.3 Å². The van der Waals surface area contributed by atoms with E-state index in [1.54, 1.807) is 0 Å². The van der Waals surface area contributed by atoms with Crippen LogP contribution >= 0.6 is 34.8 Å². The van der Waals surface area contributed by atoms with E-state index in [4.69, 9.17) is 39.5 Å². The van der Waals surface area contributed by atoms with E-state index in [1.807, 2.05) is 0 Å². The molecule has 1 N–H and O–H groups in total. The minimum atomic E-state index is -0.852. The Hall–Kier alpha value is -2.09. The summed E-state index contributed by atoms with van der Waals surface area (Å²) in [5, 5.41) is 2.23. The van der Waals surface area contributed by atoms with Gasteiger partial charge in [0.2, 0.25) is 0 Å². The van der Waals surface area contributed by atoms with Crippen LogP contribution in [0.5, 0.6) is 5.75 Å². The number of ether oxygens (including phenoxy) is 2. The van der Waals surface area contributed by atoms with Crippen molar-refractivity contribution in [3.63, 3.8) is 0 Å². The van der Waals surface area contributed by atoms with Gasteiger partial charge >= 0.3 is 5.97 Å². The average molecular weight is 439 g/mol. The van der Waals surface area contributed by atoms with E-state index < -0.39 is 30.1 Å². The molecule has 0 atom stereocenters. The van der Waals surface area contributed by atoms with Crippen molar-refractivity contribution in [2.45, 2.75) is 6.54 Å². The molecule has 144 valence electrons. The van der Waals surface area contributed by atoms with Crippen molar-refractivity contribution in [2.24, 2.45) is 0 Å². The van der Waals surface area contributed by atoms with Crippen LogP contribution in [0, 0.1) is 11.6 Å². The van der Waals surface area contributed by atoms with Gasteiger partial charge in [-0.2, -0.15) is 0 Å². The Morgan fingerprint density at radius 1 is 1.04 bits per heavy atom. The number of halogens is 5. The molecule has 27 heavy (non-hydrogen) atoms. The third-order valence-corrected chi connectivity index (χ3v) is 4.34. The first-order valence-electron chi connectivity index (χ1n) is 7.33. The molecule has 0 spiro atoms. The van der Waals surface area contributed by atoms with Crippen LogP contribution in [-0.2, 0) is 16.1 Å². The Balaban J connectivity index is 2.08. The van der Waals surface area contributed by atoms with Gasteiger partial charge < -0.3 is 14.8 Å². The van der Waals surface area contributed by atoms with Crippen molar-refractivity contribution in [1.82, 2.24) is 5.32 Å². The molecule has 0 fully saturated rings. The summed E-state index contributed by atoms with van der Waals surface area (Å²) < 4.78 is 36.2. The zero-order valence-electron chi connectivity index (χ0n) is 13.7. The molecule has 1 amide bonds. The lowest BCUT2D eigenvalue weighted by molar-refractivity contribution is -0.123. The predicted octanol–water partition coefficient (Wildman–Crippen LogP) is 4.41. The maximum absolute atomic E-state index is 13.1. The monoisotopic (exact) mass is 437 g/mol. The molecule has 0 unspecified atom stereocenters. The van der Waals surface area contributed by atoms with Gasteiger partial charge in [0.25, 0.3) is 5.91 Å². The number of carbonyl (C=O) groups is 2. The smallest absolute Gasteiger partial charge is 0.343 e. The molecular weight excluding hydrogens is 427 g/mol. The number of hydrogen-bond acceptors (Lipinski definition) is 4. The molecule has 0 heterocycles. The number of carbonyl (C=O) groups excluding carboxylic acids is 2. The number of amides is 1. The Bertz CT molecular complexity index is 873. The Morgan fingerprint density at radius 3 is 2.26 bits per heavy atom. The van der Waals surface area contributed by atoms with Crippen LogP contribution < -0.4 is 10.1 Å². The second kappa shape index (κ2) is 9.21. The summed E-state index contributed by atoms with van der Waals surface area (Å²) in [6, 6.07) is 4.13. The molecule has 10 heteroatoms. The fourth-order valence-corrected chi connectivity index (χ4v) is 2.84. The SMILES string of the molecule is COC(=O)c1c(Cl)c(Cl)cc(Cl)c1OCC(=O)NCc1cc(F)cc(F)c1. The first-order chi connectivity index (χ1) is 12.7. The van der Waals surface area contributed by atoms with Gasteiger partial charge in [-0.1, -0.05) is 34.8 Å². The predicted molar refractivity (Wildman–Crippen MR) is 96.5 cm³/mol. The minimum absolute atomic E-state index is 0.00648. The van der Waals surface area contributed by atoms with Crippen LogP contribution in [-0.4, -0.2) is 25.6 Å². The standard InChI is InChI=1S/C17H12Cl3F2NO4/c1-26-17(25)14-15(20)11(18)5-12(19)16(14)27-7-13(24)23-6-8-2-9(21)4-10(22)3-8/h2-5H,6-7H2,1H3,(H,23,24). The summed E-state index contributed by atoms with van der Waals surface area (Å²) in [7, 11) is 1.13. The van der Waals surface area contributed by atoms with Crippen LogP contribution in [0.2, 0.25) is 15.1 Å². The van der Waals surface area contributed by atoms with E-state index in [-0.39, 0.29) is 38.5 Å². The summed E-state index contributed by atoms with van der Waals surface area (Å²) in [6.45, 7) is -0.671. The average Bonchev–Trinajstić information content (AvgIpc) is 2.60. The highest BCUT2D eigenvalue weighted by Crippen LogP contribution is 2.39. The fraction of sp³-hybridized carbons (Fsp3) is 0.176. The van der Waals surface area contributed by atoms with Crippen LogP contribution in [0.1, 0.15) is 15.9 Å². The highest BCUT2D eigenvalue weighted by molar-refractivity contribution is 6.45. The second-order valence-electron chi connectivity index (χ2n) is 5.19. The van der Waals surface area contributed by atoms with Gasteiger partial charge in [-0.3, -0.25) is 4.79 Å². The van der Waals surface area contributed by atoms with Crippen LogP contribution in [0.3, 0.4) is 0 Å². The summed E-state index contributed by atoms with van der Waals surface area (Å²) in [5.41, 5.74) is 0.000313. The summed E-state index contributed by atoms with van der Waals surface area (Å²) in [6.07, 6.45) is 0. The molecule has 2 aromatic rings. The third kappa shape index (κ3) is 5.45. The maximum Gasteiger partial charge on any atom is 0.343 e. The third-order valence-electron chi connectivity index (χ3n) is 3.28. The molecule has 0 radical (unpaired) electrons. The van der Waals surface area contributed by atoms with Gasteiger partial charge in [-0.15, -0.1) is 0 Å². The van der Waals surface area contributed by atoms with Crippen molar-refractivity contribution in [1.29, 1.82) is 0 Å². The van der Waals surface area contributed by atoms with Gasteiger partial charge in [0.05, 0.1) is 22.2 Å². The zero-order valence-corrected chi connectivity index (χ0v) is 16.0. The van der Waals surface area contributed by atoms with Crippen molar-refractivity contribution in [3.8, 4) is 5.75 Å². The largest absolute Gasteiger partial charge is 0.481 e. The summed E-state index contributed by atoms with van der Waals surface area (Å²) in [5.74, 6) is -3.18. The van der Waals surface area contributed by atoms with Crippen molar-refractivity contribution in [2.75, 3.05) is 13.7 Å². The lowest BCUT2D eigenvalue weighted by atomic mass is 10.2. The van der Waals surface area contributed by atoms with E-state index in [2.05, 4.69) is 10.1 Å². The lowest BCUT2D eigenvalue weighted by Gasteiger charge is -2.14. The number of methoxy groups -OCH3 is 1. The van der Waals surface area contributed by atoms with E-state index in [9.17, 15) is 18.4 Å². The molecule has 0 aliphatic heterocycles. The first-order valence-corrected chi connectivity index (χ1v) is 8.46. The van der Waals surface area contributed by atoms with E-state index in [1.165, 1.54) is 6.07 Å². The normalized spacial score (nSPS) is 10.4. The maximum atomic E-state index is 13.1. The van der Waals surface area contributed by atoms with Gasteiger partial charge in [-0.05, 0) is 23.8 Å². The highest BCUT2D eigenvalue weighted by atomic mass is 35.5. The number of nitrogens with one attached hydrogen (secondary N) is 1. The molecule has 0 bridgehead atoms. The molecule has 0 saturated carbocycles. The number of esters is 1. The zero-order chi connectivity index (χ0) is 20.1. The molecule has 0 aromatic heterocycles. The molecule has 2 rings (SSSR count). The van der Waals surface area contributed by atoms with Crippen LogP contribution in [0.25, 0.3) is 0 Å². The summed E-state index contributed by atoms with van der Waals surface area (Å²) >= 11 is 17.9. The van der Waals surface area contributed by atoms with Crippen molar-refractivity contribution in [3.05, 3.63) is 62.1 Å². The topological polar surface area (TPSA) is 64.6 Å². The molecule has 5 nitrogen and oxygen atoms in total. The summed E-state index contributed by atoms with van der Waals surface area (Å²) in [4.78, 5) is 23.8. The molecule has 0 aliphatic carbocycles. The van der Waals surface area contributed by atoms with E-state index in [0.717, 1.165) is 25.3 Å². The number of hydrogen-bond donors (Lipinski definition) is 1. The van der Waals surface area contributed by atoms with Crippen molar-refractivity contribution < 1.29 is 27.8 Å². The molecule has 0 aliphatic rings. The quantitative estimate of drug-likeness (QED) is 0.536. The van der Waals surface area contributed by atoms with Gasteiger partial charge in [0.15, 0.2) is 12.4 Å². The van der Waals surface area contributed by atoms with Crippen molar-refractivity contribution >= 4 is 46.7 Å². The van der Waals surface area contributed by atoms with Gasteiger partial charge in [0, 0.05) is 12.6 Å². The Labute approximate surface area is 168 Å². The first kappa shape index (κ1) is 21.2. The van der Waals surface area contributed by atoms with Gasteiger partial charge in [-0.25, -0.2) is 13.6 Å². The minimum Gasteiger partial charge on any atom is -0.481 e. The second-order valence-corrected chi connectivity index (χ2v) is 6.39.